The van der Waals surface area contributed by atoms with Gasteiger partial charge in [0.15, 0.2) is 0 Å². The molecule has 0 aromatic carbocycles. The molecule has 0 spiro atoms. The van der Waals surface area contributed by atoms with Crippen molar-refractivity contribution in [3.63, 3.8) is 0 Å². The van der Waals surface area contributed by atoms with Crippen LogP contribution in [0.2, 0.25) is 0 Å². The van der Waals surface area contributed by atoms with Crippen molar-refractivity contribution in [2.24, 2.45) is 11.7 Å². The van der Waals surface area contributed by atoms with Crippen molar-refractivity contribution >= 4 is 5.91 Å². The Morgan fingerprint density at radius 2 is 2.23 bits per heavy atom. The lowest BCUT2D eigenvalue weighted by atomic mass is 9.94. The monoisotopic (exact) mass is 183 g/mol. The van der Waals surface area contributed by atoms with Gasteiger partial charge in [-0.1, -0.05) is 0 Å². The highest BCUT2D eigenvalue weighted by atomic mass is 16.1. The number of nitrogens with one attached hydrogen (secondary N) is 1. The number of nitrogens with two attached hydrogens (primary N) is 1. The van der Waals surface area contributed by atoms with Crippen LogP contribution < -0.4 is 11.1 Å². The first-order chi connectivity index (χ1) is 6.25. The van der Waals surface area contributed by atoms with Gasteiger partial charge < -0.3 is 16.0 Å². The maximum atomic E-state index is 10.6. The number of hydrogen-bond donors (Lipinski definition) is 2. The molecular formula is C9H17N3O. The molecule has 2 aliphatic rings. The summed E-state index contributed by atoms with van der Waals surface area (Å²) in [5.41, 5.74) is 5.10. The number of piperidine rings is 1. The van der Waals surface area contributed by atoms with Gasteiger partial charge in [-0.25, -0.2) is 0 Å². The summed E-state index contributed by atoms with van der Waals surface area (Å²) in [5.74, 6) is 0.494. The lowest BCUT2D eigenvalue weighted by Gasteiger charge is -2.30. The van der Waals surface area contributed by atoms with Gasteiger partial charge in [-0.15, -0.1) is 0 Å². The Morgan fingerprint density at radius 3 is 3.00 bits per heavy atom. The minimum Gasteiger partial charge on any atom is -0.369 e. The molecule has 0 aliphatic carbocycles. The van der Waals surface area contributed by atoms with Gasteiger partial charge in [0.25, 0.3) is 0 Å². The van der Waals surface area contributed by atoms with Gasteiger partial charge in [-0.2, -0.15) is 0 Å². The summed E-state index contributed by atoms with van der Waals surface area (Å²) in [6.07, 6.45) is 2.44. The van der Waals surface area contributed by atoms with Crippen molar-refractivity contribution in [1.82, 2.24) is 10.2 Å². The van der Waals surface area contributed by atoms with E-state index in [2.05, 4.69) is 10.2 Å². The van der Waals surface area contributed by atoms with E-state index >= 15 is 0 Å². The van der Waals surface area contributed by atoms with Gasteiger partial charge in [-0.05, 0) is 31.8 Å². The summed E-state index contributed by atoms with van der Waals surface area (Å²) in [6, 6.07) is 0.520. The molecular weight excluding hydrogens is 166 g/mol. The normalized spacial score (nSPS) is 37.7. The summed E-state index contributed by atoms with van der Waals surface area (Å²) >= 11 is 0. The minimum atomic E-state index is -0.250. The molecule has 0 aromatic rings. The first-order valence-electron chi connectivity index (χ1n) is 5.00. The number of rotatable bonds is 3. The molecule has 1 amide bonds. The highest BCUT2D eigenvalue weighted by Crippen LogP contribution is 2.26. The maximum absolute atomic E-state index is 10.6. The zero-order valence-electron chi connectivity index (χ0n) is 7.83. The van der Waals surface area contributed by atoms with Crippen molar-refractivity contribution in [1.29, 1.82) is 0 Å². The number of amides is 1. The average Bonchev–Trinajstić information content (AvgIpc) is 2.47. The molecule has 2 bridgehead atoms. The van der Waals surface area contributed by atoms with Crippen LogP contribution in [0.4, 0.5) is 0 Å². The highest BCUT2D eigenvalue weighted by molar-refractivity contribution is 5.75. The summed E-state index contributed by atoms with van der Waals surface area (Å²) in [6.45, 7) is 3.95. The zero-order valence-corrected chi connectivity index (χ0v) is 7.83. The van der Waals surface area contributed by atoms with Crippen molar-refractivity contribution in [3.8, 4) is 0 Å². The number of fused-ring (bicyclic) bond motifs is 2. The second-order valence-corrected chi connectivity index (χ2v) is 4.09. The molecule has 0 aromatic heterocycles. The number of primary amides is 1. The second-order valence-electron chi connectivity index (χ2n) is 4.09. The van der Waals surface area contributed by atoms with Crippen LogP contribution in [-0.2, 0) is 4.79 Å². The highest BCUT2D eigenvalue weighted by Gasteiger charge is 2.33. The Morgan fingerprint density at radius 1 is 1.46 bits per heavy atom. The number of carbonyl (C=O) groups excluding carboxylic acids is 1. The maximum Gasteiger partial charge on any atom is 0.231 e. The molecule has 2 rings (SSSR count). The summed E-state index contributed by atoms with van der Waals surface area (Å²) in [5, 5.41) is 3.25. The molecule has 2 fully saturated rings. The van der Waals surface area contributed by atoms with Crippen molar-refractivity contribution < 1.29 is 4.79 Å². The Hall–Kier alpha value is -0.610. The summed E-state index contributed by atoms with van der Waals surface area (Å²) in [4.78, 5) is 13.1. The van der Waals surface area contributed by atoms with Gasteiger partial charge in [-0.3, -0.25) is 4.79 Å². The molecule has 2 heterocycles. The topological polar surface area (TPSA) is 58.4 Å². The molecule has 0 saturated carbocycles. The van der Waals surface area contributed by atoms with E-state index in [1.54, 1.807) is 0 Å². The first kappa shape index (κ1) is 8.97. The lowest BCUT2D eigenvalue weighted by Crippen LogP contribution is -2.46. The smallest absolute Gasteiger partial charge is 0.231 e. The predicted molar refractivity (Wildman–Crippen MR) is 50.1 cm³/mol. The van der Waals surface area contributed by atoms with E-state index in [0.29, 0.717) is 12.6 Å². The average molecular weight is 183 g/mol. The first-order valence-corrected chi connectivity index (χ1v) is 5.00. The van der Waals surface area contributed by atoms with Crippen LogP contribution in [0.15, 0.2) is 0 Å². The fraction of sp³-hybridized carbons (Fsp3) is 0.889. The van der Waals surface area contributed by atoms with Crippen LogP contribution in [-0.4, -0.2) is 43.0 Å². The fourth-order valence-electron chi connectivity index (χ4n) is 2.45. The molecule has 4 nitrogen and oxygen atoms in total. The SMILES string of the molecule is NC(=O)CNC1CCN2CCC1C2. The van der Waals surface area contributed by atoms with Crippen LogP contribution in [0.5, 0.6) is 0 Å². The lowest BCUT2D eigenvalue weighted by molar-refractivity contribution is -0.117. The van der Waals surface area contributed by atoms with E-state index < -0.39 is 0 Å². The summed E-state index contributed by atoms with van der Waals surface area (Å²) in [7, 11) is 0. The number of carbonyl (C=O) groups is 1. The van der Waals surface area contributed by atoms with Crippen molar-refractivity contribution in [2.75, 3.05) is 26.2 Å². The fourth-order valence-corrected chi connectivity index (χ4v) is 2.45. The molecule has 3 N–H and O–H groups in total. The third-order valence-corrected chi connectivity index (χ3v) is 3.17. The molecule has 13 heavy (non-hydrogen) atoms. The Labute approximate surface area is 78.5 Å². The van der Waals surface area contributed by atoms with E-state index in [-0.39, 0.29) is 5.91 Å². The van der Waals surface area contributed by atoms with Gasteiger partial charge in [0.2, 0.25) is 5.91 Å². The van der Waals surface area contributed by atoms with E-state index in [0.717, 1.165) is 12.3 Å². The molecule has 0 radical (unpaired) electrons. The second kappa shape index (κ2) is 3.64. The van der Waals surface area contributed by atoms with E-state index in [9.17, 15) is 4.79 Å². The largest absolute Gasteiger partial charge is 0.369 e. The van der Waals surface area contributed by atoms with Gasteiger partial charge in [0.1, 0.15) is 0 Å². The third kappa shape index (κ3) is 2.00. The predicted octanol–water partition coefficient (Wildman–Crippen LogP) is -0.844. The molecule has 2 saturated heterocycles. The van der Waals surface area contributed by atoms with Gasteiger partial charge in [0.05, 0.1) is 6.54 Å². The van der Waals surface area contributed by atoms with Crippen molar-refractivity contribution in [2.45, 2.75) is 18.9 Å². The van der Waals surface area contributed by atoms with Crippen LogP contribution >= 0.6 is 0 Å². The Kier molecular flexibility index (Phi) is 2.51. The third-order valence-electron chi connectivity index (χ3n) is 3.17. The zero-order chi connectivity index (χ0) is 9.26. The van der Waals surface area contributed by atoms with E-state index in [4.69, 9.17) is 5.73 Å². The number of hydrogen-bond acceptors (Lipinski definition) is 3. The van der Waals surface area contributed by atoms with Crippen LogP contribution in [0.25, 0.3) is 0 Å². The molecule has 3 atom stereocenters. The Bertz CT molecular complexity index is 207. The van der Waals surface area contributed by atoms with Gasteiger partial charge >= 0.3 is 0 Å². The Balaban J connectivity index is 1.82. The van der Waals surface area contributed by atoms with E-state index in [1.165, 1.54) is 26.1 Å². The molecule has 3 unspecified atom stereocenters. The molecule has 4 heteroatoms. The minimum absolute atomic E-state index is 0.250. The number of nitrogens with zero attached hydrogens (tertiary/aromatic N) is 1. The standard InChI is InChI=1S/C9H17N3O/c10-9(13)5-11-8-2-4-12-3-1-7(8)6-12/h7-8,11H,1-6H2,(H2,10,13). The van der Waals surface area contributed by atoms with Gasteiger partial charge in [0, 0.05) is 12.6 Å². The van der Waals surface area contributed by atoms with E-state index in [1.807, 2.05) is 0 Å². The molecule has 74 valence electrons. The van der Waals surface area contributed by atoms with Crippen LogP contribution in [0, 0.1) is 5.92 Å². The van der Waals surface area contributed by atoms with Crippen molar-refractivity contribution in [3.05, 3.63) is 0 Å². The quantitative estimate of drug-likeness (QED) is 0.599. The van der Waals surface area contributed by atoms with Crippen LogP contribution in [0.1, 0.15) is 12.8 Å². The summed E-state index contributed by atoms with van der Waals surface area (Å²) < 4.78 is 0. The molecule has 2 aliphatic heterocycles. The van der Waals surface area contributed by atoms with Crippen LogP contribution in [0.3, 0.4) is 0 Å².